The van der Waals surface area contributed by atoms with Crippen molar-refractivity contribution < 1.29 is 23.9 Å². The molecule has 0 aliphatic carbocycles. The summed E-state index contributed by atoms with van der Waals surface area (Å²) < 4.78 is 9.87. The highest BCUT2D eigenvalue weighted by Crippen LogP contribution is 2.19. The number of nitrogens with one attached hydrogen (secondary N) is 2. The number of rotatable bonds is 9. The molecule has 0 bridgehead atoms. The van der Waals surface area contributed by atoms with E-state index in [1.807, 2.05) is 60.7 Å². The van der Waals surface area contributed by atoms with Gasteiger partial charge in [0, 0.05) is 12.5 Å². The van der Waals surface area contributed by atoms with E-state index >= 15 is 0 Å². The van der Waals surface area contributed by atoms with Crippen molar-refractivity contribution in [2.24, 2.45) is 0 Å². The fraction of sp³-hybridized carbons (Fsp3) is 0.318. The minimum Gasteiger partial charge on any atom is -0.469 e. The zero-order valence-electron chi connectivity index (χ0n) is 16.6. The van der Waals surface area contributed by atoms with E-state index < -0.39 is 12.1 Å². The highest BCUT2D eigenvalue weighted by Gasteiger charge is 2.21. The summed E-state index contributed by atoms with van der Waals surface area (Å²) >= 11 is 0. The molecule has 0 unspecified atom stereocenters. The smallest absolute Gasteiger partial charge is 0.408 e. The average molecular weight is 398 g/mol. The molecule has 2 aromatic rings. The van der Waals surface area contributed by atoms with Crippen molar-refractivity contribution in [2.45, 2.75) is 31.9 Å². The Morgan fingerprint density at radius 1 is 0.966 bits per heavy atom. The van der Waals surface area contributed by atoms with Gasteiger partial charge >= 0.3 is 12.1 Å². The van der Waals surface area contributed by atoms with Gasteiger partial charge in [0.25, 0.3) is 0 Å². The van der Waals surface area contributed by atoms with Gasteiger partial charge in [-0.25, -0.2) is 4.79 Å². The number of benzene rings is 2. The SMILES string of the molecule is COC(=O)C[C@@H](CNC(=O)[C@@H](C)NC(=O)OCc1ccccc1)c1ccccc1. The highest BCUT2D eigenvalue weighted by atomic mass is 16.5. The van der Waals surface area contributed by atoms with Gasteiger partial charge in [-0.2, -0.15) is 0 Å². The number of hydrogen-bond acceptors (Lipinski definition) is 5. The Morgan fingerprint density at radius 2 is 1.59 bits per heavy atom. The Bertz CT molecular complexity index is 795. The Balaban J connectivity index is 1.83. The fourth-order valence-corrected chi connectivity index (χ4v) is 2.70. The molecule has 0 saturated heterocycles. The van der Waals surface area contributed by atoms with Gasteiger partial charge in [0.05, 0.1) is 13.5 Å². The van der Waals surface area contributed by atoms with Gasteiger partial charge in [0.1, 0.15) is 12.6 Å². The van der Waals surface area contributed by atoms with E-state index in [0.29, 0.717) is 0 Å². The molecule has 0 heterocycles. The minimum atomic E-state index is -0.784. The molecule has 0 radical (unpaired) electrons. The molecule has 29 heavy (non-hydrogen) atoms. The van der Waals surface area contributed by atoms with E-state index in [0.717, 1.165) is 11.1 Å². The second-order valence-corrected chi connectivity index (χ2v) is 6.56. The lowest BCUT2D eigenvalue weighted by Gasteiger charge is -2.19. The Kier molecular flexibility index (Phi) is 8.69. The van der Waals surface area contributed by atoms with Crippen molar-refractivity contribution in [1.29, 1.82) is 0 Å². The number of amides is 2. The number of carbonyl (C=O) groups is 3. The average Bonchev–Trinajstić information content (AvgIpc) is 2.76. The maximum absolute atomic E-state index is 12.3. The number of ether oxygens (including phenoxy) is 2. The van der Waals surface area contributed by atoms with Crippen LogP contribution in [0.1, 0.15) is 30.4 Å². The van der Waals surface area contributed by atoms with Crippen LogP contribution in [0.3, 0.4) is 0 Å². The van der Waals surface area contributed by atoms with Gasteiger partial charge in [-0.05, 0) is 18.1 Å². The van der Waals surface area contributed by atoms with Crippen LogP contribution in [-0.2, 0) is 25.7 Å². The van der Waals surface area contributed by atoms with Crippen molar-refractivity contribution in [3.05, 3.63) is 71.8 Å². The third-order valence-electron chi connectivity index (χ3n) is 4.37. The molecule has 0 aliphatic heterocycles. The molecule has 2 aromatic carbocycles. The minimum absolute atomic E-state index is 0.121. The Labute approximate surface area is 170 Å². The summed E-state index contributed by atoms with van der Waals surface area (Å²) in [4.78, 5) is 35.9. The molecular weight excluding hydrogens is 372 g/mol. The van der Waals surface area contributed by atoms with Crippen molar-refractivity contribution in [1.82, 2.24) is 10.6 Å². The lowest BCUT2D eigenvalue weighted by atomic mass is 9.95. The molecule has 0 saturated carbocycles. The molecular formula is C22H26N2O5. The summed E-state index contributed by atoms with van der Waals surface area (Å²) in [6, 6.07) is 17.9. The van der Waals surface area contributed by atoms with Crippen LogP contribution in [0.5, 0.6) is 0 Å². The maximum atomic E-state index is 12.3. The highest BCUT2D eigenvalue weighted by molar-refractivity contribution is 5.85. The molecule has 2 rings (SSSR count). The van der Waals surface area contributed by atoms with Crippen molar-refractivity contribution in [3.8, 4) is 0 Å². The van der Waals surface area contributed by atoms with Gasteiger partial charge < -0.3 is 20.1 Å². The van der Waals surface area contributed by atoms with Gasteiger partial charge in [-0.3, -0.25) is 9.59 Å². The first-order valence-corrected chi connectivity index (χ1v) is 9.36. The first-order chi connectivity index (χ1) is 14.0. The van der Waals surface area contributed by atoms with E-state index in [2.05, 4.69) is 10.6 Å². The molecule has 0 spiro atoms. The van der Waals surface area contributed by atoms with Crippen LogP contribution in [-0.4, -0.2) is 37.7 Å². The van der Waals surface area contributed by atoms with Crippen molar-refractivity contribution in [3.63, 3.8) is 0 Å². The summed E-state index contributed by atoms with van der Waals surface area (Å²) in [5.41, 5.74) is 1.77. The van der Waals surface area contributed by atoms with Crippen LogP contribution in [0, 0.1) is 0 Å². The summed E-state index contributed by atoms with van der Waals surface area (Å²) in [6.07, 6.45) is -0.535. The predicted molar refractivity (Wildman–Crippen MR) is 108 cm³/mol. The van der Waals surface area contributed by atoms with E-state index in [4.69, 9.17) is 9.47 Å². The van der Waals surface area contributed by atoms with Crippen LogP contribution in [0.25, 0.3) is 0 Å². The van der Waals surface area contributed by atoms with Crippen LogP contribution >= 0.6 is 0 Å². The second-order valence-electron chi connectivity index (χ2n) is 6.56. The standard InChI is InChI=1S/C22H26N2O5/c1-16(24-22(27)29-15-17-9-5-3-6-10-17)21(26)23-14-19(13-20(25)28-2)18-11-7-4-8-12-18/h3-12,16,19H,13-15H2,1-2H3,(H,23,26)(H,24,27)/t16-,19+/m1/s1. The fourth-order valence-electron chi connectivity index (χ4n) is 2.70. The maximum Gasteiger partial charge on any atom is 0.408 e. The Hall–Kier alpha value is -3.35. The third-order valence-corrected chi connectivity index (χ3v) is 4.37. The first-order valence-electron chi connectivity index (χ1n) is 9.36. The van der Waals surface area contributed by atoms with Gasteiger partial charge in [0.2, 0.25) is 5.91 Å². The lowest BCUT2D eigenvalue weighted by molar-refractivity contribution is -0.141. The quantitative estimate of drug-likeness (QED) is 0.634. The number of hydrogen-bond donors (Lipinski definition) is 2. The van der Waals surface area contributed by atoms with Gasteiger partial charge in [-0.1, -0.05) is 60.7 Å². The second kappa shape index (κ2) is 11.5. The van der Waals surface area contributed by atoms with E-state index in [1.54, 1.807) is 6.92 Å². The predicted octanol–water partition coefficient (Wildman–Crippen LogP) is 2.76. The van der Waals surface area contributed by atoms with Crippen LogP contribution in [0.2, 0.25) is 0 Å². The van der Waals surface area contributed by atoms with Crippen LogP contribution < -0.4 is 10.6 Å². The molecule has 2 atom stereocenters. The first kappa shape index (κ1) is 21.9. The van der Waals surface area contributed by atoms with Crippen molar-refractivity contribution in [2.75, 3.05) is 13.7 Å². The molecule has 2 amide bonds. The number of carbonyl (C=O) groups excluding carboxylic acids is 3. The molecule has 0 aliphatic rings. The molecule has 2 N–H and O–H groups in total. The monoisotopic (exact) mass is 398 g/mol. The zero-order chi connectivity index (χ0) is 21.1. The van der Waals surface area contributed by atoms with Gasteiger partial charge in [0.15, 0.2) is 0 Å². The number of methoxy groups -OCH3 is 1. The Morgan fingerprint density at radius 3 is 2.21 bits per heavy atom. The molecule has 7 heteroatoms. The van der Waals surface area contributed by atoms with Crippen LogP contribution in [0.15, 0.2) is 60.7 Å². The largest absolute Gasteiger partial charge is 0.469 e. The third kappa shape index (κ3) is 7.65. The summed E-state index contributed by atoms with van der Waals surface area (Å²) in [5, 5.41) is 5.27. The molecule has 154 valence electrons. The van der Waals surface area contributed by atoms with Crippen LogP contribution in [0.4, 0.5) is 4.79 Å². The molecule has 0 aromatic heterocycles. The summed E-state index contributed by atoms with van der Waals surface area (Å²) in [7, 11) is 1.33. The summed E-state index contributed by atoms with van der Waals surface area (Å²) in [5.74, 6) is -0.957. The lowest BCUT2D eigenvalue weighted by Crippen LogP contribution is -2.46. The van der Waals surface area contributed by atoms with Gasteiger partial charge in [-0.15, -0.1) is 0 Å². The zero-order valence-corrected chi connectivity index (χ0v) is 16.6. The van der Waals surface area contributed by atoms with E-state index in [1.165, 1.54) is 7.11 Å². The van der Waals surface area contributed by atoms with Crippen molar-refractivity contribution >= 4 is 18.0 Å². The molecule has 7 nitrogen and oxygen atoms in total. The van der Waals surface area contributed by atoms with E-state index in [-0.39, 0.29) is 37.4 Å². The number of esters is 1. The number of alkyl carbamates (subject to hydrolysis) is 1. The topological polar surface area (TPSA) is 93.7 Å². The molecule has 0 fully saturated rings. The normalized spacial score (nSPS) is 12.3. The van der Waals surface area contributed by atoms with E-state index in [9.17, 15) is 14.4 Å². The summed E-state index contributed by atoms with van der Waals surface area (Å²) in [6.45, 7) is 1.93.